The number of carbonyl (C=O) groups excluding carboxylic acids is 1. The van der Waals surface area contributed by atoms with Gasteiger partial charge in [-0.15, -0.1) is 0 Å². The number of hydrogen-bond donors (Lipinski definition) is 3. The van der Waals surface area contributed by atoms with E-state index >= 15 is 0 Å². The van der Waals surface area contributed by atoms with Crippen LogP contribution < -0.4 is 5.32 Å². The van der Waals surface area contributed by atoms with E-state index in [-0.39, 0.29) is 6.10 Å². The molecule has 1 unspecified atom stereocenters. The lowest BCUT2D eigenvalue weighted by atomic mass is 9.93. The van der Waals surface area contributed by atoms with Gasteiger partial charge in [-0.1, -0.05) is 78.9 Å². The van der Waals surface area contributed by atoms with Crippen molar-refractivity contribution in [2.45, 2.75) is 38.2 Å². The fraction of sp³-hybridized carbons (Fsp3) is 0.200. The summed E-state index contributed by atoms with van der Waals surface area (Å²) in [5, 5.41) is 12.4. The molecule has 1 aromatic heterocycles. The van der Waals surface area contributed by atoms with Crippen LogP contribution in [0.15, 0.2) is 85.1 Å². The highest BCUT2D eigenvalue weighted by Gasteiger charge is 2.51. The average Bonchev–Trinajstić information content (AvgIpc) is 3.64. The number of carboxylic acid groups (broad SMARTS) is 1. The monoisotopic (exact) mass is 480 g/mol. The fourth-order valence-corrected chi connectivity index (χ4v) is 4.57. The summed E-state index contributed by atoms with van der Waals surface area (Å²) in [5.41, 5.74) is 6.49. The minimum atomic E-state index is -0.746. The first-order valence-corrected chi connectivity index (χ1v) is 12.0. The molecule has 0 aliphatic heterocycles. The molecular formula is C30H28N2O4. The Morgan fingerprint density at radius 3 is 2.08 bits per heavy atom. The quantitative estimate of drug-likeness (QED) is 0.263. The van der Waals surface area contributed by atoms with Gasteiger partial charge in [-0.05, 0) is 54.5 Å². The van der Waals surface area contributed by atoms with Gasteiger partial charge in [-0.2, -0.15) is 0 Å². The van der Waals surface area contributed by atoms with E-state index in [9.17, 15) is 14.7 Å². The molecule has 3 N–H and O–H groups in total. The minimum absolute atomic E-state index is 0.370. The molecule has 0 radical (unpaired) electrons. The van der Waals surface area contributed by atoms with Gasteiger partial charge in [0, 0.05) is 17.5 Å². The van der Waals surface area contributed by atoms with Gasteiger partial charge >= 0.3 is 12.1 Å². The van der Waals surface area contributed by atoms with Gasteiger partial charge in [0.25, 0.3) is 0 Å². The summed E-state index contributed by atoms with van der Waals surface area (Å²) in [4.78, 5) is 27.4. The number of hydrogen-bond acceptors (Lipinski definition) is 3. The lowest BCUT2D eigenvalue weighted by molar-refractivity contribution is -0.140. The minimum Gasteiger partial charge on any atom is -0.481 e. The number of carbonyl (C=O) groups is 2. The van der Waals surface area contributed by atoms with Crippen molar-refractivity contribution in [3.8, 4) is 22.3 Å². The summed E-state index contributed by atoms with van der Waals surface area (Å²) < 4.78 is 5.58. The van der Waals surface area contributed by atoms with E-state index in [1.165, 1.54) is 0 Å². The third kappa shape index (κ3) is 4.50. The molecule has 36 heavy (non-hydrogen) atoms. The van der Waals surface area contributed by atoms with E-state index < -0.39 is 17.5 Å². The Balaban J connectivity index is 1.30. The highest BCUT2D eigenvalue weighted by molar-refractivity contribution is 5.93. The van der Waals surface area contributed by atoms with Crippen LogP contribution in [0.1, 0.15) is 42.7 Å². The number of aryl methyl sites for hydroxylation is 1. The van der Waals surface area contributed by atoms with Crippen LogP contribution in [-0.4, -0.2) is 22.2 Å². The van der Waals surface area contributed by atoms with Crippen LogP contribution in [0.5, 0.6) is 0 Å². The van der Waals surface area contributed by atoms with Crippen molar-refractivity contribution in [3.05, 3.63) is 102 Å². The molecule has 3 aromatic carbocycles. The van der Waals surface area contributed by atoms with Crippen molar-refractivity contribution >= 4 is 17.7 Å². The van der Waals surface area contributed by atoms with Crippen molar-refractivity contribution in [3.63, 3.8) is 0 Å². The van der Waals surface area contributed by atoms with Crippen molar-refractivity contribution in [2.24, 2.45) is 0 Å². The summed E-state index contributed by atoms with van der Waals surface area (Å²) in [7, 11) is 0. The number of rotatable bonds is 7. The molecule has 0 bridgehead atoms. The van der Waals surface area contributed by atoms with Crippen LogP contribution in [0, 0.1) is 6.92 Å². The standard InChI is InChI=1S/C30H28N2O4/c1-19-27(32-29(35)36-20(2)21-6-4-3-5-7-21)26(18-31-19)24-10-8-22(9-11-24)23-12-14-25(15-13-23)30(16-17-30)28(33)34/h3-15,18,20,31H,16-17H2,1-2H3,(H,32,35)(H,33,34). The van der Waals surface area contributed by atoms with Gasteiger partial charge < -0.3 is 14.8 Å². The van der Waals surface area contributed by atoms with E-state index in [0.29, 0.717) is 18.5 Å². The maximum Gasteiger partial charge on any atom is 0.412 e. The van der Waals surface area contributed by atoms with E-state index in [2.05, 4.69) is 10.3 Å². The van der Waals surface area contributed by atoms with Gasteiger partial charge in [0.1, 0.15) is 6.10 Å². The second-order valence-corrected chi connectivity index (χ2v) is 9.33. The zero-order valence-corrected chi connectivity index (χ0v) is 20.2. The Bertz CT molecular complexity index is 1390. The summed E-state index contributed by atoms with van der Waals surface area (Å²) in [5.74, 6) is -0.746. The molecule has 4 aromatic rings. The SMILES string of the molecule is Cc1[nH]cc(-c2ccc(-c3ccc(C4(C(=O)O)CC4)cc3)cc2)c1NC(=O)OC(C)c1ccccc1. The van der Waals surface area contributed by atoms with Crippen LogP contribution in [0.4, 0.5) is 10.5 Å². The van der Waals surface area contributed by atoms with Gasteiger partial charge in [0.15, 0.2) is 0 Å². The first-order chi connectivity index (χ1) is 17.4. The predicted octanol–water partition coefficient (Wildman–Crippen LogP) is 7.08. The molecule has 6 nitrogen and oxygen atoms in total. The molecule has 0 spiro atoms. The molecule has 1 aliphatic carbocycles. The smallest absolute Gasteiger partial charge is 0.412 e. The Kier molecular flexibility index (Phi) is 6.10. The number of anilines is 1. The number of aromatic amines is 1. The Labute approximate surface area is 210 Å². The number of amides is 1. The average molecular weight is 481 g/mol. The van der Waals surface area contributed by atoms with E-state index in [0.717, 1.165) is 39.1 Å². The van der Waals surface area contributed by atoms with Crippen molar-refractivity contribution in [1.29, 1.82) is 0 Å². The largest absolute Gasteiger partial charge is 0.481 e. The molecule has 1 heterocycles. The summed E-state index contributed by atoms with van der Waals surface area (Å²) in [6.07, 6.45) is 2.38. The number of benzene rings is 3. The summed E-state index contributed by atoms with van der Waals surface area (Å²) in [6, 6.07) is 25.5. The summed E-state index contributed by atoms with van der Waals surface area (Å²) in [6.45, 7) is 3.75. The molecule has 1 aliphatic rings. The van der Waals surface area contributed by atoms with Crippen molar-refractivity contribution in [2.75, 3.05) is 5.32 Å². The highest BCUT2D eigenvalue weighted by atomic mass is 16.6. The van der Waals surface area contributed by atoms with Gasteiger partial charge in [0.05, 0.1) is 11.1 Å². The number of carboxylic acids is 1. The maximum absolute atomic E-state index is 12.6. The number of aliphatic carboxylic acids is 1. The molecular weight excluding hydrogens is 452 g/mol. The van der Waals surface area contributed by atoms with E-state index in [1.54, 1.807) is 0 Å². The van der Waals surface area contributed by atoms with Gasteiger partial charge in [-0.25, -0.2) is 4.79 Å². The van der Waals surface area contributed by atoms with Crippen LogP contribution in [-0.2, 0) is 14.9 Å². The normalized spacial score (nSPS) is 14.6. The lowest BCUT2D eigenvalue weighted by Gasteiger charge is -2.15. The number of H-pyrrole nitrogens is 1. The van der Waals surface area contributed by atoms with Crippen LogP contribution in [0.2, 0.25) is 0 Å². The molecule has 1 fully saturated rings. The molecule has 5 rings (SSSR count). The Hall–Kier alpha value is -4.32. The van der Waals surface area contributed by atoms with Crippen LogP contribution in [0.25, 0.3) is 22.3 Å². The number of aromatic nitrogens is 1. The third-order valence-electron chi connectivity index (χ3n) is 6.98. The topological polar surface area (TPSA) is 91.4 Å². The van der Waals surface area contributed by atoms with E-state index in [4.69, 9.17) is 4.74 Å². The fourth-order valence-electron chi connectivity index (χ4n) is 4.57. The third-order valence-corrected chi connectivity index (χ3v) is 6.98. The zero-order valence-electron chi connectivity index (χ0n) is 20.2. The number of ether oxygens (including phenoxy) is 1. The lowest BCUT2D eigenvalue weighted by Crippen LogP contribution is -2.19. The van der Waals surface area contributed by atoms with Gasteiger partial charge in [0.2, 0.25) is 0 Å². The molecule has 182 valence electrons. The first kappa shape index (κ1) is 23.4. The molecule has 0 saturated heterocycles. The Morgan fingerprint density at radius 2 is 1.50 bits per heavy atom. The second kappa shape index (κ2) is 9.38. The van der Waals surface area contributed by atoms with Crippen LogP contribution >= 0.6 is 0 Å². The predicted molar refractivity (Wildman–Crippen MR) is 140 cm³/mol. The Morgan fingerprint density at radius 1 is 0.917 bits per heavy atom. The van der Waals surface area contributed by atoms with Crippen molar-refractivity contribution in [1.82, 2.24) is 4.98 Å². The second-order valence-electron chi connectivity index (χ2n) is 9.33. The molecule has 1 atom stereocenters. The first-order valence-electron chi connectivity index (χ1n) is 12.0. The zero-order chi connectivity index (χ0) is 25.3. The van der Waals surface area contributed by atoms with Crippen LogP contribution in [0.3, 0.4) is 0 Å². The maximum atomic E-state index is 12.6. The molecule has 1 saturated carbocycles. The van der Waals surface area contributed by atoms with Gasteiger partial charge in [-0.3, -0.25) is 10.1 Å². The highest BCUT2D eigenvalue weighted by Crippen LogP contribution is 2.48. The molecule has 6 heteroatoms. The van der Waals surface area contributed by atoms with E-state index in [1.807, 2.05) is 98.9 Å². The summed E-state index contributed by atoms with van der Waals surface area (Å²) >= 11 is 0. The molecule has 1 amide bonds. The number of nitrogens with one attached hydrogen (secondary N) is 2. The van der Waals surface area contributed by atoms with Crippen molar-refractivity contribution < 1.29 is 19.4 Å².